The van der Waals surface area contributed by atoms with Crippen LogP contribution in [0.3, 0.4) is 0 Å². The number of benzene rings is 1. The van der Waals surface area contributed by atoms with Crippen molar-refractivity contribution >= 4 is 39.1 Å². The quantitative estimate of drug-likeness (QED) is 0.226. The molecule has 0 unspecified atom stereocenters. The zero-order chi connectivity index (χ0) is 24.6. The molecule has 1 amide bonds. The van der Waals surface area contributed by atoms with Gasteiger partial charge in [-0.1, -0.05) is 18.2 Å². The molecule has 176 valence electrons. The number of thiophene rings is 1. The van der Waals surface area contributed by atoms with Gasteiger partial charge in [0.15, 0.2) is 0 Å². The number of fused-ring (bicyclic) bond motifs is 1. The Kier molecular flexibility index (Phi) is 6.55. The van der Waals surface area contributed by atoms with E-state index in [1.165, 1.54) is 17.2 Å². The van der Waals surface area contributed by atoms with Gasteiger partial charge in [0.1, 0.15) is 5.60 Å². The summed E-state index contributed by atoms with van der Waals surface area (Å²) in [4.78, 5) is 27.2. The van der Waals surface area contributed by atoms with Gasteiger partial charge < -0.3 is 9.64 Å². The zero-order valence-electron chi connectivity index (χ0n) is 19.5. The average Bonchev–Trinajstić information content (AvgIpc) is 3.19. The van der Waals surface area contributed by atoms with Crippen LogP contribution in [0.4, 0.5) is 9.18 Å². The van der Waals surface area contributed by atoms with Gasteiger partial charge >= 0.3 is 6.09 Å². The number of nitrogens with zero attached hydrogens (tertiary/aromatic N) is 4. The number of ether oxygens (including phenoxy) is 1. The van der Waals surface area contributed by atoms with E-state index in [0.29, 0.717) is 11.1 Å². The minimum Gasteiger partial charge on any atom is -0.444 e. The highest BCUT2D eigenvalue weighted by atomic mass is 35.5. The fourth-order valence-corrected chi connectivity index (χ4v) is 4.93. The lowest BCUT2D eigenvalue weighted by molar-refractivity contribution is 0.0285. The van der Waals surface area contributed by atoms with Crippen LogP contribution in [0, 0.1) is 12.9 Å². The predicted molar refractivity (Wildman–Crippen MR) is 133 cm³/mol. The molecule has 0 aliphatic heterocycles. The molecule has 3 heterocycles. The Balaban J connectivity index is 1.77. The molecule has 0 saturated carbocycles. The molecule has 3 aromatic heterocycles. The second-order valence-corrected chi connectivity index (χ2v) is 10.4. The average molecular weight is 499 g/mol. The number of hydrogen-bond acceptors (Lipinski definition) is 6. The Labute approximate surface area is 206 Å². The van der Waals surface area contributed by atoms with E-state index in [1.54, 1.807) is 24.6 Å². The minimum absolute atomic E-state index is 0.182. The highest BCUT2D eigenvalue weighted by Gasteiger charge is 2.22. The first kappa shape index (κ1) is 24.0. The van der Waals surface area contributed by atoms with Gasteiger partial charge in [0, 0.05) is 35.8 Å². The minimum atomic E-state index is -0.615. The van der Waals surface area contributed by atoms with Crippen molar-refractivity contribution in [1.29, 1.82) is 0 Å². The van der Waals surface area contributed by atoms with Gasteiger partial charge in [-0.25, -0.2) is 19.7 Å². The molecule has 6 nitrogen and oxygen atoms in total. The van der Waals surface area contributed by atoms with Crippen molar-refractivity contribution in [2.75, 3.05) is 7.05 Å². The maximum atomic E-state index is 14.3. The van der Waals surface area contributed by atoms with E-state index in [1.807, 2.05) is 52.0 Å². The number of carbonyl (C=O) groups is 1. The predicted octanol–water partition coefficient (Wildman–Crippen LogP) is 6.89. The first-order valence-electron chi connectivity index (χ1n) is 10.6. The summed E-state index contributed by atoms with van der Waals surface area (Å²) in [5.41, 5.74) is 3.28. The van der Waals surface area contributed by atoms with Gasteiger partial charge in [-0.15, -0.1) is 11.3 Å². The lowest BCUT2D eigenvalue weighted by Gasteiger charge is -2.25. The number of hydrogen-bond donors (Lipinski definition) is 0. The van der Waals surface area contributed by atoms with E-state index >= 15 is 0 Å². The third kappa shape index (κ3) is 5.18. The van der Waals surface area contributed by atoms with E-state index in [0.717, 1.165) is 31.8 Å². The van der Waals surface area contributed by atoms with Gasteiger partial charge in [-0.3, -0.25) is 0 Å². The summed E-state index contributed by atoms with van der Waals surface area (Å²) in [7, 11) is 1.65. The summed E-state index contributed by atoms with van der Waals surface area (Å²) in [5.74, 6) is -0.592. The lowest BCUT2D eigenvalue weighted by Crippen LogP contribution is -2.34. The zero-order valence-corrected chi connectivity index (χ0v) is 21.1. The third-order valence-corrected chi connectivity index (χ3v) is 6.45. The summed E-state index contributed by atoms with van der Waals surface area (Å²) < 4.78 is 20.7. The highest BCUT2D eigenvalue weighted by Crippen LogP contribution is 2.40. The molecule has 0 aliphatic rings. The third-order valence-electron chi connectivity index (χ3n) is 5.08. The second-order valence-electron chi connectivity index (χ2n) is 9.01. The second kappa shape index (κ2) is 9.27. The van der Waals surface area contributed by atoms with Crippen LogP contribution in [0.25, 0.3) is 31.8 Å². The standard InChI is InChI=1S/C25H24ClFN4O2S/c1-14-11-29-23(26)30-21(14)19-9-15-7-6-8-17(22(15)34-19)18-10-20(27)28-12-16(18)13-31(5)24(32)33-25(2,3)4/h6-12H,13H2,1-5H3. The van der Waals surface area contributed by atoms with Crippen LogP contribution in [0.15, 0.2) is 42.7 Å². The monoisotopic (exact) mass is 498 g/mol. The number of amides is 1. The number of aromatic nitrogens is 3. The SMILES string of the molecule is Cc1cnc(Cl)nc1-c1cc2cccc(-c3cc(F)ncc3CN(C)C(=O)OC(C)(C)C)c2s1. The summed E-state index contributed by atoms with van der Waals surface area (Å²) >= 11 is 7.58. The van der Waals surface area contributed by atoms with E-state index in [4.69, 9.17) is 16.3 Å². The van der Waals surface area contributed by atoms with Crippen LogP contribution < -0.4 is 0 Å². The van der Waals surface area contributed by atoms with E-state index < -0.39 is 17.6 Å². The Bertz CT molecular complexity index is 1380. The Morgan fingerprint density at radius 2 is 1.94 bits per heavy atom. The molecule has 0 aliphatic carbocycles. The maximum absolute atomic E-state index is 14.3. The fraction of sp³-hybridized carbons (Fsp3) is 0.280. The molecule has 9 heteroatoms. The highest BCUT2D eigenvalue weighted by molar-refractivity contribution is 7.22. The van der Waals surface area contributed by atoms with Crippen molar-refractivity contribution in [3.8, 4) is 21.7 Å². The molecular weight excluding hydrogens is 475 g/mol. The fourth-order valence-electron chi connectivity index (χ4n) is 3.56. The van der Waals surface area contributed by atoms with Crippen LogP contribution in [-0.4, -0.2) is 38.6 Å². The molecule has 1 aromatic carbocycles. The van der Waals surface area contributed by atoms with E-state index in [2.05, 4.69) is 15.0 Å². The summed E-state index contributed by atoms with van der Waals surface area (Å²) in [5, 5.41) is 1.18. The molecule has 0 fully saturated rings. The first-order valence-corrected chi connectivity index (χ1v) is 11.8. The molecule has 4 aromatic rings. The topological polar surface area (TPSA) is 68.2 Å². The molecule has 0 bridgehead atoms. The van der Waals surface area contributed by atoms with Crippen molar-refractivity contribution in [2.24, 2.45) is 0 Å². The molecule has 34 heavy (non-hydrogen) atoms. The van der Waals surface area contributed by atoms with Crippen molar-refractivity contribution < 1.29 is 13.9 Å². The van der Waals surface area contributed by atoms with Crippen LogP contribution in [0.1, 0.15) is 31.9 Å². The van der Waals surface area contributed by atoms with Crippen molar-refractivity contribution in [1.82, 2.24) is 19.9 Å². The number of carbonyl (C=O) groups excluding carboxylic acids is 1. The van der Waals surface area contributed by atoms with Gasteiger partial charge in [0.2, 0.25) is 11.2 Å². The lowest BCUT2D eigenvalue weighted by atomic mass is 10.00. The molecule has 0 atom stereocenters. The van der Waals surface area contributed by atoms with Gasteiger partial charge in [0.05, 0.1) is 17.1 Å². The maximum Gasteiger partial charge on any atom is 0.410 e. The molecule has 4 rings (SSSR count). The summed E-state index contributed by atoms with van der Waals surface area (Å²) in [6.45, 7) is 7.58. The number of pyridine rings is 1. The number of rotatable bonds is 4. The normalized spacial score (nSPS) is 11.6. The Morgan fingerprint density at radius 1 is 1.18 bits per heavy atom. The van der Waals surface area contributed by atoms with Crippen LogP contribution in [-0.2, 0) is 11.3 Å². The van der Waals surface area contributed by atoms with Gasteiger partial charge in [-0.2, -0.15) is 4.39 Å². The molecule has 0 spiro atoms. The van der Waals surface area contributed by atoms with Crippen molar-refractivity contribution in [3.05, 3.63) is 65.1 Å². The molecule has 0 radical (unpaired) electrons. The van der Waals surface area contributed by atoms with Crippen LogP contribution in [0.2, 0.25) is 5.28 Å². The summed E-state index contributed by atoms with van der Waals surface area (Å²) in [6, 6.07) is 9.31. The number of aryl methyl sites for hydroxylation is 1. The summed E-state index contributed by atoms with van der Waals surface area (Å²) in [6.07, 6.45) is 2.70. The van der Waals surface area contributed by atoms with E-state index in [9.17, 15) is 9.18 Å². The first-order chi connectivity index (χ1) is 16.0. The molecule has 0 saturated heterocycles. The van der Waals surface area contributed by atoms with Gasteiger partial charge in [-0.05, 0) is 67.4 Å². The molecule has 0 N–H and O–H groups in total. The van der Waals surface area contributed by atoms with E-state index in [-0.39, 0.29) is 11.8 Å². The number of halogens is 2. The Hall–Kier alpha value is -3.10. The largest absolute Gasteiger partial charge is 0.444 e. The Morgan fingerprint density at radius 3 is 2.68 bits per heavy atom. The van der Waals surface area contributed by atoms with Crippen LogP contribution >= 0.6 is 22.9 Å². The van der Waals surface area contributed by atoms with Crippen molar-refractivity contribution in [2.45, 2.75) is 39.8 Å². The van der Waals surface area contributed by atoms with Gasteiger partial charge in [0.25, 0.3) is 0 Å². The molecular formula is C25H24ClFN4O2S. The smallest absolute Gasteiger partial charge is 0.410 e. The van der Waals surface area contributed by atoms with Crippen molar-refractivity contribution in [3.63, 3.8) is 0 Å². The van der Waals surface area contributed by atoms with Crippen LogP contribution in [0.5, 0.6) is 0 Å².